The van der Waals surface area contributed by atoms with Gasteiger partial charge >= 0.3 is 6.18 Å². The summed E-state index contributed by atoms with van der Waals surface area (Å²) in [5, 5.41) is 2.26. The number of anilines is 1. The summed E-state index contributed by atoms with van der Waals surface area (Å²) < 4.78 is 38.2. The Bertz CT molecular complexity index is 629. The molecular formula is C12H7BrF3N3O. The maximum Gasteiger partial charge on any atom is 0.416 e. The van der Waals surface area contributed by atoms with Gasteiger partial charge < -0.3 is 5.32 Å². The molecule has 2 rings (SSSR count). The smallest absolute Gasteiger partial charge is 0.305 e. The van der Waals surface area contributed by atoms with Crippen LogP contribution in [0.5, 0.6) is 0 Å². The highest BCUT2D eigenvalue weighted by molar-refractivity contribution is 9.10. The van der Waals surface area contributed by atoms with E-state index in [0.717, 1.165) is 18.3 Å². The number of halogens is 4. The minimum atomic E-state index is -4.49. The molecule has 0 unspecified atom stereocenters. The Labute approximate surface area is 120 Å². The number of hydrogen-bond acceptors (Lipinski definition) is 3. The van der Waals surface area contributed by atoms with E-state index >= 15 is 0 Å². The molecule has 1 N–H and O–H groups in total. The highest BCUT2D eigenvalue weighted by Crippen LogP contribution is 2.29. The summed E-state index contributed by atoms with van der Waals surface area (Å²) in [4.78, 5) is 19.3. The van der Waals surface area contributed by atoms with Crippen LogP contribution >= 0.6 is 15.9 Å². The minimum Gasteiger partial charge on any atom is -0.305 e. The molecule has 0 saturated heterocycles. The topological polar surface area (TPSA) is 54.9 Å². The van der Waals surface area contributed by atoms with Gasteiger partial charge in [0.25, 0.3) is 5.91 Å². The normalized spacial score (nSPS) is 11.2. The zero-order valence-electron chi connectivity index (χ0n) is 9.78. The molecule has 2 aromatic rings. The second kappa shape index (κ2) is 5.58. The van der Waals surface area contributed by atoms with Crippen molar-refractivity contribution in [2.24, 2.45) is 0 Å². The van der Waals surface area contributed by atoms with Crippen molar-refractivity contribution in [1.29, 1.82) is 0 Å². The largest absolute Gasteiger partial charge is 0.416 e. The van der Waals surface area contributed by atoms with Gasteiger partial charge in [-0.25, -0.2) is 9.97 Å². The number of rotatable bonds is 2. The van der Waals surface area contributed by atoms with Crippen molar-refractivity contribution in [1.82, 2.24) is 9.97 Å². The third-order valence-electron chi connectivity index (χ3n) is 2.29. The molecule has 0 radical (unpaired) electrons. The molecule has 0 atom stereocenters. The number of pyridine rings is 2. The third kappa shape index (κ3) is 3.53. The van der Waals surface area contributed by atoms with Crippen LogP contribution in [0.25, 0.3) is 0 Å². The van der Waals surface area contributed by atoms with E-state index in [1.54, 1.807) is 6.07 Å². The fraction of sp³-hybridized carbons (Fsp3) is 0.0833. The van der Waals surface area contributed by atoms with E-state index in [1.165, 1.54) is 12.3 Å². The Morgan fingerprint density at radius 2 is 1.95 bits per heavy atom. The SMILES string of the molecule is O=C(Nc1cc(C(F)(F)F)ccn1)c1ccc(Br)cn1. The predicted molar refractivity (Wildman–Crippen MR) is 69.1 cm³/mol. The molecule has 0 saturated carbocycles. The van der Waals surface area contributed by atoms with Crippen LogP contribution in [-0.4, -0.2) is 15.9 Å². The summed E-state index contributed by atoms with van der Waals surface area (Å²) in [6.45, 7) is 0. The molecule has 0 bridgehead atoms. The van der Waals surface area contributed by atoms with Gasteiger partial charge in [0.05, 0.1) is 5.56 Å². The Morgan fingerprint density at radius 1 is 1.20 bits per heavy atom. The van der Waals surface area contributed by atoms with Crippen molar-refractivity contribution in [3.05, 3.63) is 52.4 Å². The minimum absolute atomic E-state index is 0.0763. The van der Waals surface area contributed by atoms with E-state index in [2.05, 4.69) is 31.2 Å². The lowest BCUT2D eigenvalue weighted by Gasteiger charge is -2.08. The monoisotopic (exact) mass is 345 g/mol. The van der Waals surface area contributed by atoms with Crippen LogP contribution < -0.4 is 5.32 Å². The van der Waals surface area contributed by atoms with Crippen molar-refractivity contribution in [3.63, 3.8) is 0 Å². The maximum atomic E-state index is 12.5. The van der Waals surface area contributed by atoms with Gasteiger partial charge in [-0.1, -0.05) is 0 Å². The van der Waals surface area contributed by atoms with Crippen molar-refractivity contribution >= 4 is 27.7 Å². The van der Waals surface area contributed by atoms with Crippen LogP contribution in [0.1, 0.15) is 16.1 Å². The molecule has 0 spiro atoms. The first-order chi connectivity index (χ1) is 9.36. The molecule has 0 aliphatic rings. The lowest BCUT2D eigenvalue weighted by atomic mass is 10.2. The van der Waals surface area contributed by atoms with E-state index < -0.39 is 17.6 Å². The number of amides is 1. The van der Waals surface area contributed by atoms with Crippen LogP contribution in [0.2, 0.25) is 0 Å². The summed E-state index contributed by atoms with van der Waals surface area (Å²) >= 11 is 3.16. The van der Waals surface area contributed by atoms with Crippen molar-refractivity contribution in [2.45, 2.75) is 6.18 Å². The molecule has 2 heterocycles. The quantitative estimate of drug-likeness (QED) is 0.906. The first-order valence-corrected chi connectivity index (χ1v) is 6.12. The summed E-state index contributed by atoms with van der Waals surface area (Å²) in [7, 11) is 0. The average Bonchev–Trinajstić information content (AvgIpc) is 2.38. The summed E-state index contributed by atoms with van der Waals surface area (Å²) in [5.74, 6) is -0.820. The van der Waals surface area contributed by atoms with Crippen molar-refractivity contribution in [3.8, 4) is 0 Å². The van der Waals surface area contributed by atoms with E-state index in [9.17, 15) is 18.0 Å². The van der Waals surface area contributed by atoms with Gasteiger partial charge in [-0.3, -0.25) is 4.79 Å². The van der Waals surface area contributed by atoms with Gasteiger partial charge in [0.2, 0.25) is 0 Å². The van der Waals surface area contributed by atoms with E-state index in [1.807, 2.05) is 0 Å². The summed E-state index contributed by atoms with van der Waals surface area (Å²) in [5.41, 5.74) is -0.807. The van der Waals surface area contributed by atoms with Crippen LogP contribution in [0, 0.1) is 0 Å². The number of carbonyl (C=O) groups is 1. The Morgan fingerprint density at radius 3 is 2.55 bits per heavy atom. The maximum absolute atomic E-state index is 12.5. The van der Waals surface area contributed by atoms with Gasteiger partial charge in [-0.2, -0.15) is 13.2 Å². The number of nitrogens with one attached hydrogen (secondary N) is 1. The molecule has 20 heavy (non-hydrogen) atoms. The fourth-order valence-corrected chi connectivity index (χ4v) is 1.60. The predicted octanol–water partition coefficient (Wildman–Crippen LogP) is 3.51. The Hall–Kier alpha value is -1.96. The van der Waals surface area contributed by atoms with Crippen LogP contribution in [0.15, 0.2) is 41.1 Å². The number of nitrogens with zero attached hydrogens (tertiary/aromatic N) is 2. The second-order valence-electron chi connectivity index (χ2n) is 3.74. The fourth-order valence-electron chi connectivity index (χ4n) is 1.37. The molecule has 0 fully saturated rings. The number of hydrogen-bond donors (Lipinski definition) is 1. The van der Waals surface area contributed by atoms with Gasteiger partial charge in [0, 0.05) is 16.9 Å². The van der Waals surface area contributed by atoms with Crippen molar-refractivity contribution < 1.29 is 18.0 Å². The lowest BCUT2D eigenvalue weighted by Crippen LogP contribution is -2.15. The number of aromatic nitrogens is 2. The first-order valence-electron chi connectivity index (χ1n) is 5.32. The molecule has 1 amide bonds. The van der Waals surface area contributed by atoms with Gasteiger partial charge in [0.1, 0.15) is 11.5 Å². The zero-order chi connectivity index (χ0) is 14.8. The molecule has 0 aromatic carbocycles. The second-order valence-corrected chi connectivity index (χ2v) is 4.66. The summed E-state index contributed by atoms with van der Waals surface area (Å²) in [6.07, 6.45) is -2.10. The average molecular weight is 346 g/mol. The molecule has 8 heteroatoms. The van der Waals surface area contributed by atoms with Crippen LogP contribution in [-0.2, 0) is 6.18 Å². The van der Waals surface area contributed by atoms with Crippen molar-refractivity contribution in [2.75, 3.05) is 5.32 Å². The third-order valence-corrected chi connectivity index (χ3v) is 2.76. The molecule has 4 nitrogen and oxygen atoms in total. The Balaban J connectivity index is 2.18. The highest BCUT2D eigenvalue weighted by atomic mass is 79.9. The van der Waals surface area contributed by atoms with Crippen LogP contribution in [0.3, 0.4) is 0 Å². The Kier molecular flexibility index (Phi) is 4.03. The highest BCUT2D eigenvalue weighted by Gasteiger charge is 2.30. The molecular weight excluding hydrogens is 339 g/mol. The standard InChI is InChI=1S/C12H7BrF3N3O/c13-8-1-2-9(18-6-8)11(20)19-10-5-7(3-4-17-10)12(14,15)16/h1-6H,(H,17,19,20). The van der Waals surface area contributed by atoms with Crippen LogP contribution in [0.4, 0.5) is 19.0 Å². The molecule has 0 aliphatic carbocycles. The summed E-state index contributed by atoms with van der Waals surface area (Å²) in [6, 6.07) is 4.62. The van der Waals surface area contributed by atoms with E-state index in [4.69, 9.17) is 0 Å². The number of alkyl halides is 3. The number of carbonyl (C=O) groups excluding carboxylic acids is 1. The van der Waals surface area contributed by atoms with Gasteiger partial charge in [0.15, 0.2) is 0 Å². The molecule has 0 aliphatic heterocycles. The van der Waals surface area contributed by atoms with Gasteiger partial charge in [-0.15, -0.1) is 0 Å². The van der Waals surface area contributed by atoms with E-state index in [-0.39, 0.29) is 11.5 Å². The van der Waals surface area contributed by atoms with E-state index in [0.29, 0.717) is 4.47 Å². The lowest BCUT2D eigenvalue weighted by molar-refractivity contribution is -0.137. The molecule has 104 valence electrons. The van der Waals surface area contributed by atoms with Gasteiger partial charge in [-0.05, 0) is 40.2 Å². The zero-order valence-corrected chi connectivity index (χ0v) is 11.4. The molecule has 2 aromatic heterocycles. The first kappa shape index (κ1) is 14.4.